The molecule has 1 fully saturated rings. The van der Waals surface area contributed by atoms with Crippen LogP contribution in [0.4, 0.5) is 10.1 Å². The molecule has 2 atom stereocenters. The highest BCUT2D eigenvalue weighted by molar-refractivity contribution is 5.56. The van der Waals surface area contributed by atoms with Crippen molar-refractivity contribution in [3.63, 3.8) is 0 Å². The van der Waals surface area contributed by atoms with Crippen molar-refractivity contribution in [1.29, 1.82) is 0 Å². The molecular weight excluding hydrogens is 263 g/mol. The van der Waals surface area contributed by atoms with Crippen LogP contribution in [0.1, 0.15) is 51.6 Å². The van der Waals surface area contributed by atoms with Gasteiger partial charge in [-0.2, -0.15) is 0 Å². The van der Waals surface area contributed by atoms with Crippen LogP contribution in [0.2, 0.25) is 0 Å². The summed E-state index contributed by atoms with van der Waals surface area (Å²) in [5.74, 6) is 1.41. The van der Waals surface area contributed by atoms with E-state index in [4.69, 9.17) is 0 Å². The van der Waals surface area contributed by atoms with Crippen molar-refractivity contribution in [1.82, 2.24) is 5.32 Å². The molecule has 0 aliphatic carbocycles. The van der Waals surface area contributed by atoms with Crippen LogP contribution in [0, 0.1) is 17.7 Å². The van der Waals surface area contributed by atoms with E-state index in [1.165, 1.54) is 12.8 Å². The molecular formula is C18H29FN2. The van der Waals surface area contributed by atoms with Gasteiger partial charge in [0.1, 0.15) is 5.82 Å². The summed E-state index contributed by atoms with van der Waals surface area (Å²) in [6.07, 6.45) is 3.59. The van der Waals surface area contributed by atoms with Crippen molar-refractivity contribution in [3.05, 3.63) is 29.6 Å². The van der Waals surface area contributed by atoms with Crippen LogP contribution in [-0.4, -0.2) is 20.1 Å². The van der Waals surface area contributed by atoms with Gasteiger partial charge in [-0.25, -0.2) is 4.39 Å². The molecule has 2 rings (SSSR count). The molecule has 1 aliphatic rings. The van der Waals surface area contributed by atoms with Crippen LogP contribution >= 0.6 is 0 Å². The summed E-state index contributed by atoms with van der Waals surface area (Å²) in [4.78, 5) is 2.26. The number of rotatable bonds is 4. The van der Waals surface area contributed by atoms with Gasteiger partial charge in [0.15, 0.2) is 0 Å². The second kappa shape index (κ2) is 7.26. The van der Waals surface area contributed by atoms with Gasteiger partial charge in [0.05, 0.1) is 5.69 Å². The first-order valence-corrected chi connectivity index (χ1v) is 8.25. The second-order valence-electron chi connectivity index (χ2n) is 6.61. The lowest BCUT2D eigenvalue weighted by atomic mass is 9.89. The number of hydrogen-bond donors (Lipinski definition) is 1. The minimum absolute atomic E-state index is 0.0856. The van der Waals surface area contributed by atoms with E-state index in [-0.39, 0.29) is 11.9 Å². The monoisotopic (exact) mass is 292 g/mol. The molecule has 21 heavy (non-hydrogen) atoms. The summed E-state index contributed by atoms with van der Waals surface area (Å²) in [6.45, 7) is 8.63. The van der Waals surface area contributed by atoms with Crippen LogP contribution in [0.15, 0.2) is 18.2 Å². The Labute approximate surface area is 128 Å². The zero-order valence-electron chi connectivity index (χ0n) is 13.8. The minimum atomic E-state index is -0.0856. The van der Waals surface area contributed by atoms with Crippen LogP contribution in [0.25, 0.3) is 0 Å². The first-order chi connectivity index (χ1) is 10.0. The third-order valence-electron chi connectivity index (χ3n) is 4.95. The Morgan fingerprint density at radius 2 is 1.95 bits per heavy atom. The van der Waals surface area contributed by atoms with E-state index < -0.39 is 0 Å². The highest BCUT2D eigenvalue weighted by Crippen LogP contribution is 2.33. The standard InChI is InChI=1S/C18H29FN2/c1-13(2)15-7-6-11-21(12-10-15)18-16(14(3)20-4)8-5-9-17(18)19/h5,8-9,13-15,20H,6-7,10-12H2,1-4H3. The number of anilines is 1. The largest absolute Gasteiger partial charge is 0.369 e. The van der Waals surface area contributed by atoms with Crippen LogP contribution in [0.5, 0.6) is 0 Å². The Bertz CT molecular complexity index is 459. The Morgan fingerprint density at radius 1 is 1.19 bits per heavy atom. The third-order valence-corrected chi connectivity index (χ3v) is 4.95. The van der Waals surface area contributed by atoms with E-state index in [1.807, 2.05) is 19.2 Å². The zero-order chi connectivity index (χ0) is 15.4. The molecule has 1 aliphatic heterocycles. The number of benzene rings is 1. The molecule has 3 heteroatoms. The quantitative estimate of drug-likeness (QED) is 0.886. The molecule has 0 saturated carbocycles. The highest BCUT2D eigenvalue weighted by atomic mass is 19.1. The SMILES string of the molecule is CNC(C)c1cccc(F)c1N1CCCC(C(C)C)CC1. The number of halogens is 1. The normalized spacial score (nSPS) is 21.4. The van der Waals surface area contributed by atoms with E-state index in [0.717, 1.165) is 42.6 Å². The molecule has 1 N–H and O–H groups in total. The molecule has 1 heterocycles. The van der Waals surface area contributed by atoms with Gasteiger partial charge < -0.3 is 10.2 Å². The first kappa shape index (κ1) is 16.3. The number of nitrogens with zero attached hydrogens (tertiary/aromatic N) is 1. The average molecular weight is 292 g/mol. The summed E-state index contributed by atoms with van der Waals surface area (Å²) in [5.41, 5.74) is 1.88. The summed E-state index contributed by atoms with van der Waals surface area (Å²) in [5, 5.41) is 3.24. The summed E-state index contributed by atoms with van der Waals surface area (Å²) < 4.78 is 14.5. The van der Waals surface area contributed by atoms with Gasteiger partial charge in [-0.3, -0.25) is 0 Å². The second-order valence-corrected chi connectivity index (χ2v) is 6.61. The first-order valence-electron chi connectivity index (χ1n) is 8.25. The number of hydrogen-bond acceptors (Lipinski definition) is 2. The topological polar surface area (TPSA) is 15.3 Å². The molecule has 0 amide bonds. The van der Waals surface area contributed by atoms with Gasteiger partial charge in [-0.05, 0) is 56.7 Å². The van der Waals surface area contributed by atoms with Crippen LogP contribution < -0.4 is 10.2 Å². The van der Waals surface area contributed by atoms with Crippen molar-refractivity contribution in [3.8, 4) is 0 Å². The van der Waals surface area contributed by atoms with Crippen molar-refractivity contribution in [2.75, 3.05) is 25.0 Å². The van der Waals surface area contributed by atoms with Crippen molar-refractivity contribution in [2.24, 2.45) is 11.8 Å². The number of nitrogens with one attached hydrogen (secondary N) is 1. The van der Waals surface area contributed by atoms with E-state index in [1.54, 1.807) is 6.07 Å². The maximum atomic E-state index is 14.5. The maximum Gasteiger partial charge on any atom is 0.146 e. The van der Waals surface area contributed by atoms with Crippen molar-refractivity contribution in [2.45, 2.75) is 46.1 Å². The summed E-state index contributed by atoms with van der Waals surface area (Å²) >= 11 is 0. The fourth-order valence-corrected chi connectivity index (χ4v) is 3.38. The van der Waals surface area contributed by atoms with E-state index >= 15 is 0 Å². The fraction of sp³-hybridized carbons (Fsp3) is 0.667. The number of para-hydroxylation sites is 1. The minimum Gasteiger partial charge on any atom is -0.369 e. The summed E-state index contributed by atoms with van der Waals surface area (Å²) in [7, 11) is 1.93. The Morgan fingerprint density at radius 3 is 2.62 bits per heavy atom. The molecule has 1 aromatic rings. The predicted octanol–water partition coefficient (Wildman–Crippen LogP) is 4.37. The van der Waals surface area contributed by atoms with Gasteiger partial charge >= 0.3 is 0 Å². The molecule has 2 nitrogen and oxygen atoms in total. The van der Waals surface area contributed by atoms with Crippen molar-refractivity contribution >= 4 is 5.69 Å². The Hall–Kier alpha value is -1.09. The van der Waals surface area contributed by atoms with E-state index in [2.05, 4.69) is 31.0 Å². The predicted molar refractivity (Wildman–Crippen MR) is 88.3 cm³/mol. The fourth-order valence-electron chi connectivity index (χ4n) is 3.38. The lowest BCUT2D eigenvalue weighted by molar-refractivity contribution is 0.351. The van der Waals surface area contributed by atoms with Crippen LogP contribution in [-0.2, 0) is 0 Å². The molecule has 0 bridgehead atoms. The maximum absolute atomic E-state index is 14.5. The molecule has 2 unspecified atom stereocenters. The third kappa shape index (κ3) is 3.76. The molecule has 1 saturated heterocycles. The molecule has 0 spiro atoms. The zero-order valence-corrected chi connectivity index (χ0v) is 13.8. The molecule has 0 radical (unpaired) electrons. The molecule has 1 aromatic carbocycles. The molecule has 118 valence electrons. The van der Waals surface area contributed by atoms with Gasteiger partial charge in [0.2, 0.25) is 0 Å². The van der Waals surface area contributed by atoms with E-state index in [9.17, 15) is 4.39 Å². The van der Waals surface area contributed by atoms with E-state index in [0.29, 0.717) is 0 Å². The summed E-state index contributed by atoms with van der Waals surface area (Å²) in [6, 6.07) is 5.62. The van der Waals surface area contributed by atoms with Gasteiger partial charge in [-0.1, -0.05) is 26.0 Å². The Balaban J connectivity index is 2.25. The van der Waals surface area contributed by atoms with Gasteiger partial charge in [0.25, 0.3) is 0 Å². The van der Waals surface area contributed by atoms with Gasteiger partial charge in [-0.15, -0.1) is 0 Å². The smallest absolute Gasteiger partial charge is 0.146 e. The highest BCUT2D eigenvalue weighted by Gasteiger charge is 2.24. The lowest BCUT2D eigenvalue weighted by Gasteiger charge is -2.28. The van der Waals surface area contributed by atoms with Crippen LogP contribution in [0.3, 0.4) is 0 Å². The van der Waals surface area contributed by atoms with Crippen molar-refractivity contribution < 1.29 is 4.39 Å². The van der Waals surface area contributed by atoms with Gasteiger partial charge in [0, 0.05) is 19.1 Å². The lowest BCUT2D eigenvalue weighted by Crippen LogP contribution is -2.28. The Kier molecular flexibility index (Phi) is 5.63. The molecule has 0 aromatic heterocycles. The average Bonchev–Trinajstić information content (AvgIpc) is 2.72.